The smallest absolute Gasteiger partial charge is 0.254 e. The minimum absolute atomic E-state index is 0.000880. The minimum atomic E-state index is 0.000880. The predicted octanol–water partition coefficient (Wildman–Crippen LogP) is 1.35. The zero-order valence-corrected chi connectivity index (χ0v) is 12.2. The summed E-state index contributed by atoms with van der Waals surface area (Å²) in [5.74, 6) is 6.18. The lowest BCUT2D eigenvalue weighted by atomic mass is 10.1. The van der Waals surface area contributed by atoms with Crippen molar-refractivity contribution in [2.24, 2.45) is 5.84 Å². The number of hydrazine groups is 1. The molecule has 0 aromatic carbocycles. The van der Waals surface area contributed by atoms with Gasteiger partial charge < -0.3 is 15.1 Å². The number of nitrogens with one attached hydrogen (secondary N) is 1. The van der Waals surface area contributed by atoms with E-state index < -0.39 is 0 Å². The van der Waals surface area contributed by atoms with Crippen molar-refractivity contribution in [3.8, 4) is 0 Å². The van der Waals surface area contributed by atoms with Crippen LogP contribution in [0.25, 0.3) is 0 Å². The monoisotopic (exact) mass is 278 g/mol. The van der Waals surface area contributed by atoms with E-state index in [-0.39, 0.29) is 17.9 Å². The molecule has 1 fully saturated rings. The van der Waals surface area contributed by atoms with Crippen molar-refractivity contribution in [3.63, 3.8) is 0 Å². The van der Waals surface area contributed by atoms with Crippen LogP contribution >= 0.6 is 0 Å². The summed E-state index contributed by atoms with van der Waals surface area (Å²) in [5.41, 5.74) is 3.99. The summed E-state index contributed by atoms with van der Waals surface area (Å²) in [7, 11) is 0. The molecule has 2 heterocycles. The molecule has 3 N–H and O–H groups in total. The Hall–Kier alpha value is -1.66. The van der Waals surface area contributed by atoms with Crippen LogP contribution in [0.1, 0.15) is 42.7 Å². The number of rotatable bonds is 3. The highest BCUT2D eigenvalue weighted by Crippen LogP contribution is 2.19. The zero-order chi connectivity index (χ0) is 14.7. The van der Waals surface area contributed by atoms with E-state index in [2.05, 4.69) is 10.4 Å². The normalized spacial score (nSPS) is 19.2. The van der Waals surface area contributed by atoms with Gasteiger partial charge >= 0.3 is 0 Å². The maximum absolute atomic E-state index is 12.6. The first kappa shape index (κ1) is 14.7. The molecule has 0 radical (unpaired) electrons. The molecule has 6 heteroatoms. The number of carbonyl (C=O) groups is 1. The molecule has 110 valence electrons. The first-order chi connectivity index (χ1) is 9.51. The fourth-order valence-corrected chi connectivity index (χ4v) is 2.23. The van der Waals surface area contributed by atoms with Crippen LogP contribution < -0.4 is 11.3 Å². The number of aromatic nitrogens is 1. The Labute approximate surface area is 119 Å². The Kier molecular flexibility index (Phi) is 4.57. The number of morpholine rings is 1. The second-order valence-corrected chi connectivity index (χ2v) is 5.40. The van der Waals surface area contributed by atoms with Crippen molar-refractivity contribution < 1.29 is 9.53 Å². The van der Waals surface area contributed by atoms with Crippen LogP contribution in [0.4, 0.5) is 5.82 Å². The first-order valence-electron chi connectivity index (χ1n) is 6.90. The van der Waals surface area contributed by atoms with Crippen LogP contribution in [0.3, 0.4) is 0 Å². The molecule has 6 nitrogen and oxygen atoms in total. The second kappa shape index (κ2) is 6.19. The molecule has 0 saturated carbocycles. The predicted molar refractivity (Wildman–Crippen MR) is 77.5 cm³/mol. The maximum Gasteiger partial charge on any atom is 0.254 e. The molecule has 1 aromatic heterocycles. The van der Waals surface area contributed by atoms with E-state index in [0.29, 0.717) is 31.1 Å². The number of nitrogens with two attached hydrogens (primary N) is 1. The molecule has 0 bridgehead atoms. The lowest BCUT2D eigenvalue weighted by Gasteiger charge is -2.31. The fourth-order valence-electron chi connectivity index (χ4n) is 2.23. The standard InChI is InChI=1S/C14H22N4O2/c1-9(2)12-6-11(7-13(16-12)17-15)14(19)18-4-5-20-10(3)8-18/h6-7,9-10H,4-5,8,15H2,1-3H3,(H,16,17). The summed E-state index contributed by atoms with van der Waals surface area (Å²) in [6.45, 7) is 7.86. The summed E-state index contributed by atoms with van der Waals surface area (Å²) in [4.78, 5) is 18.7. The summed E-state index contributed by atoms with van der Waals surface area (Å²) in [6, 6.07) is 3.53. The van der Waals surface area contributed by atoms with Crippen molar-refractivity contribution in [2.45, 2.75) is 32.8 Å². The fraction of sp³-hybridized carbons (Fsp3) is 0.571. The molecule has 2 rings (SSSR count). The molecule has 1 amide bonds. The van der Waals surface area contributed by atoms with E-state index >= 15 is 0 Å². The average molecular weight is 278 g/mol. The first-order valence-corrected chi connectivity index (χ1v) is 6.90. The molecule has 1 aromatic rings. The van der Waals surface area contributed by atoms with Gasteiger partial charge in [0.1, 0.15) is 5.82 Å². The van der Waals surface area contributed by atoms with Crippen LogP contribution in [0.15, 0.2) is 12.1 Å². The van der Waals surface area contributed by atoms with Crippen molar-refractivity contribution in [1.29, 1.82) is 0 Å². The SMILES string of the molecule is CC1CN(C(=O)c2cc(NN)nc(C(C)C)c2)CCO1. The number of amides is 1. The number of anilines is 1. The number of hydrogen-bond acceptors (Lipinski definition) is 5. The molecule has 1 aliphatic heterocycles. The topological polar surface area (TPSA) is 80.5 Å². The number of pyridine rings is 1. The van der Waals surface area contributed by atoms with E-state index in [1.807, 2.05) is 31.7 Å². The lowest BCUT2D eigenvalue weighted by Crippen LogP contribution is -2.44. The van der Waals surface area contributed by atoms with E-state index in [9.17, 15) is 4.79 Å². The van der Waals surface area contributed by atoms with Gasteiger partial charge in [-0.2, -0.15) is 0 Å². The molecule has 1 atom stereocenters. The van der Waals surface area contributed by atoms with Crippen LogP contribution in [-0.4, -0.2) is 41.6 Å². The van der Waals surface area contributed by atoms with E-state index in [1.54, 1.807) is 6.07 Å². The Bertz CT molecular complexity index is 490. The lowest BCUT2D eigenvalue weighted by molar-refractivity contribution is -0.0124. The van der Waals surface area contributed by atoms with Gasteiger partial charge in [-0.25, -0.2) is 10.8 Å². The Morgan fingerprint density at radius 2 is 2.30 bits per heavy atom. The molecular formula is C14H22N4O2. The van der Waals surface area contributed by atoms with E-state index in [4.69, 9.17) is 10.6 Å². The number of ether oxygens (including phenoxy) is 1. The number of nitrogen functional groups attached to an aromatic ring is 1. The van der Waals surface area contributed by atoms with Crippen LogP contribution in [0.2, 0.25) is 0 Å². The Morgan fingerprint density at radius 1 is 1.55 bits per heavy atom. The Morgan fingerprint density at radius 3 is 2.90 bits per heavy atom. The van der Waals surface area contributed by atoms with Crippen LogP contribution in [0, 0.1) is 0 Å². The maximum atomic E-state index is 12.6. The molecule has 0 spiro atoms. The van der Waals surface area contributed by atoms with E-state index in [1.165, 1.54) is 0 Å². The van der Waals surface area contributed by atoms with Crippen LogP contribution in [0.5, 0.6) is 0 Å². The minimum Gasteiger partial charge on any atom is -0.375 e. The van der Waals surface area contributed by atoms with Crippen molar-refractivity contribution in [2.75, 3.05) is 25.1 Å². The Balaban J connectivity index is 2.26. The van der Waals surface area contributed by atoms with Crippen molar-refractivity contribution in [3.05, 3.63) is 23.4 Å². The van der Waals surface area contributed by atoms with Gasteiger partial charge in [0, 0.05) is 24.3 Å². The summed E-state index contributed by atoms with van der Waals surface area (Å²) in [5, 5.41) is 0. The molecular weight excluding hydrogens is 256 g/mol. The van der Waals surface area contributed by atoms with Gasteiger partial charge in [-0.05, 0) is 25.0 Å². The second-order valence-electron chi connectivity index (χ2n) is 5.40. The summed E-state index contributed by atoms with van der Waals surface area (Å²) < 4.78 is 5.46. The van der Waals surface area contributed by atoms with Gasteiger partial charge in [-0.3, -0.25) is 4.79 Å². The van der Waals surface area contributed by atoms with Gasteiger partial charge in [0.15, 0.2) is 0 Å². The number of nitrogens with zero attached hydrogens (tertiary/aromatic N) is 2. The van der Waals surface area contributed by atoms with Gasteiger partial charge in [0.05, 0.1) is 12.7 Å². The molecule has 0 aliphatic carbocycles. The summed E-state index contributed by atoms with van der Waals surface area (Å²) in [6.07, 6.45) is 0.0752. The number of hydrogen-bond donors (Lipinski definition) is 2. The quantitative estimate of drug-likeness (QED) is 0.644. The number of carbonyl (C=O) groups excluding carboxylic acids is 1. The molecule has 1 aliphatic rings. The third-order valence-electron chi connectivity index (χ3n) is 3.36. The van der Waals surface area contributed by atoms with Gasteiger partial charge in [-0.1, -0.05) is 13.8 Å². The molecule has 1 unspecified atom stereocenters. The highest BCUT2D eigenvalue weighted by atomic mass is 16.5. The highest BCUT2D eigenvalue weighted by molar-refractivity contribution is 5.95. The third kappa shape index (κ3) is 3.26. The van der Waals surface area contributed by atoms with Crippen molar-refractivity contribution >= 4 is 11.7 Å². The third-order valence-corrected chi connectivity index (χ3v) is 3.36. The van der Waals surface area contributed by atoms with Crippen LogP contribution in [-0.2, 0) is 4.74 Å². The van der Waals surface area contributed by atoms with Gasteiger partial charge in [-0.15, -0.1) is 0 Å². The zero-order valence-electron chi connectivity index (χ0n) is 12.2. The average Bonchev–Trinajstić information content (AvgIpc) is 2.45. The molecule has 20 heavy (non-hydrogen) atoms. The van der Waals surface area contributed by atoms with Crippen molar-refractivity contribution in [1.82, 2.24) is 9.88 Å². The van der Waals surface area contributed by atoms with E-state index in [0.717, 1.165) is 5.69 Å². The largest absolute Gasteiger partial charge is 0.375 e. The molecule has 1 saturated heterocycles. The summed E-state index contributed by atoms with van der Waals surface area (Å²) >= 11 is 0. The van der Waals surface area contributed by atoms with Gasteiger partial charge in [0.2, 0.25) is 0 Å². The highest BCUT2D eigenvalue weighted by Gasteiger charge is 2.23. The van der Waals surface area contributed by atoms with Gasteiger partial charge in [0.25, 0.3) is 5.91 Å².